The second-order valence-corrected chi connectivity index (χ2v) is 6.87. The molecule has 0 saturated heterocycles. The number of benzene rings is 1. The van der Waals surface area contributed by atoms with E-state index < -0.39 is 0 Å². The Morgan fingerprint density at radius 3 is 2.72 bits per heavy atom. The van der Waals surface area contributed by atoms with Crippen molar-refractivity contribution in [1.29, 1.82) is 5.26 Å². The smallest absolute Gasteiger partial charge is 0.259 e. The van der Waals surface area contributed by atoms with Crippen LogP contribution < -0.4 is 10.5 Å². The van der Waals surface area contributed by atoms with Gasteiger partial charge in [0, 0.05) is 34.6 Å². The van der Waals surface area contributed by atoms with Gasteiger partial charge < -0.3 is 9.47 Å². The molecule has 2 aromatic heterocycles. The number of rotatable bonds is 6. The molecule has 0 amide bonds. The number of fused-ring (bicyclic) bond motifs is 1. The number of hydrogen-bond acceptors (Lipinski definition) is 4. The molecule has 128 valence electrons. The molecule has 0 spiro atoms. The SMILES string of the molecule is CCN(Cc1cc2c(=O)n(CCC#N)ccc2s1)c1ccc(F)cc1. The number of anilines is 1. The van der Waals surface area contributed by atoms with Crippen LogP contribution in [0.15, 0.2) is 47.4 Å². The molecule has 0 aliphatic rings. The van der Waals surface area contributed by atoms with Crippen LogP contribution >= 0.6 is 11.3 Å². The number of aromatic nitrogens is 1. The van der Waals surface area contributed by atoms with E-state index in [4.69, 9.17) is 5.26 Å². The molecule has 0 aliphatic carbocycles. The molecule has 0 aliphatic heterocycles. The first-order chi connectivity index (χ1) is 12.1. The molecule has 3 rings (SSSR count). The summed E-state index contributed by atoms with van der Waals surface area (Å²) in [5.74, 6) is -0.250. The lowest BCUT2D eigenvalue weighted by molar-refractivity contribution is 0.627. The maximum absolute atomic E-state index is 13.1. The van der Waals surface area contributed by atoms with Crippen molar-refractivity contribution in [3.8, 4) is 6.07 Å². The van der Waals surface area contributed by atoms with Crippen LogP contribution in [-0.4, -0.2) is 11.1 Å². The molecular formula is C19H18FN3OS. The summed E-state index contributed by atoms with van der Waals surface area (Å²) in [4.78, 5) is 15.7. The van der Waals surface area contributed by atoms with E-state index in [2.05, 4.69) is 11.0 Å². The van der Waals surface area contributed by atoms with Crippen molar-refractivity contribution in [3.05, 3.63) is 63.6 Å². The zero-order chi connectivity index (χ0) is 17.8. The number of nitrogens with zero attached hydrogens (tertiary/aromatic N) is 3. The number of nitriles is 1. The molecule has 0 N–H and O–H groups in total. The van der Waals surface area contributed by atoms with Crippen LogP contribution in [0, 0.1) is 17.1 Å². The predicted molar refractivity (Wildman–Crippen MR) is 99.4 cm³/mol. The van der Waals surface area contributed by atoms with Gasteiger partial charge in [-0.1, -0.05) is 0 Å². The van der Waals surface area contributed by atoms with Crippen molar-refractivity contribution in [2.45, 2.75) is 26.4 Å². The second kappa shape index (κ2) is 7.49. The van der Waals surface area contributed by atoms with Gasteiger partial charge in [0.15, 0.2) is 0 Å². The fourth-order valence-electron chi connectivity index (χ4n) is 2.78. The predicted octanol–water partition coefficient (Wildman–Crippen LogP) is 4.14. The molecule has 0 atom stereocenters. The minimum absolute atomic E-state index is 0.0555. The van der Waals surface area contributed by atoms with E-state index in [1.54, 1.807) is 34.2 Å². The molecule has 0 fully saturated rings. The normalized spacial score (nSPS) is 10.8. The first kappa shape index (κ1) is 17.2. The van der Waals surface area contributed by atoms with Gasteiger partial charge in [0.05, 0.1) is 24.4 Å². The monoisotopic (exact) mass is 355 g/mol. The van der Waals surface area contributed by atoms with Crippen LogP contribution in [0.1, 0.15) is 18.2 Å². The van der Waals surface area contributed by atoms with E-state index in [-0.39, 0.29) is 11.4 Å². The van der Waals surface area contributed by atoms with Crippen molar-refractivity contribution in [1.82, 2.24) is 4.57 Å². The topological polar surface area (TPSA) is 49.0 Å². The van der Waals surface area contributed by atoms with E-state index in [0.29, 0.717) is 24.9 Å². The fraction of sp³-hybridized carbons (Fsp3) is 0.263. The van der Waals surface area contributed by atoms with Gasteiger partial charge in [-0.2, -0.15) is 5.26 Å². The van der Waals surface area contributed by atoms with E-state index in [0.717, 1.165) is 21.8 Å². The zero-order valence-corrected chi connectivity index (χ0v) is 14.7. The summed E-state index contributed by atoms with van der Waals surface area (Å²) in [6, 6.07) is 12.4. The van der Waals surface area contributed by atoms with Gasteiger partial charge >= 0.3 is 0 Å². The van der Waals surface area contributed by atoms with Crippen molar-refractivity contribution in [2.24, 2.45) is 0 Å². The summed E-state index contributed by atoms with van der Waals surface area (Å²) < 4.78 is 15.6. The molecular weight excluding hydrogens is 337 g/mol. The Morgan fingerprint density at radius 1 is 1.28 bits per heavy atom. The average Bonchev–Trinajstić information content (AvgIpc) is 3.04. The minimum Gasteiger partial charge on any atom is -0.367 e. The zero-order valence-electron chi connectivity index (χ0n) is 13.9. The summed E-state index contributed by atoms with van der Waals surface area (Å²) in [5, 5.41) is 9.39. The van der Waals surface area contributed by atoms with Gasteiger partial charge in [0.1, 0.15) is 5.82 Å². The lowest BCUT2D eigenvalue weighted by Crippen LogP contribution is -2.21. The van der Waals surface area contributed by atoms with Crippen LogP contribution in [0.25, 0.3) is 10.1 Å². The number of hydrogen-bond donors (Lipinski definition) is 0. The van der Waals surface area contributed by atoms with Crippen LogP contribution in [0.2, 0.25) is 0 Å². The largest absolute Gasteiger partial charge is 0.367 e. The molecule has 25 heavy (non-hydrogen) atoms. The van der Waals surface area contributed by atoms with E-state index in [9.17, 15) is 9.18 Å². The first-order valence-electron chi connectivity index (χ1n) is 8.11. The molecule has 0 saturated carbocycles. The molecule has 3 aromatic rings. The Morgan fingerprint density at radius 2 is 2.04 bits per heavy atom. The van der Waals surface area contributed by atoms with Crippen LogP contribution in [-0.2, 0) is 13.1 Å². The van der Waals surface area contributed by atoms with Gasteiger partial charge in [0.2, 0.25) is 0 Å². The highest BCUT2D eigenvalue weighted by Gasteiger charge is 2.11. The Hall–Kier alpha value is -2.65. The number of pyridine rings is 1. The van der Waals surface area contributed by atoms with Crippen LogP contribution in [0.5, 0.6) is 0 Å². The molecule has 0 radical (unpaired) electrons. The van der Waals surface area contributed by atoms with Crippen molar-refractivity contribution >= 4 is 27.1 Å². The summed E-state index contributed by atoms with van der Waals surface area (Å²) >= 11 is 1.59. The van der Waals surface area contributed by atoms with Gasteiger partial charge in [-0.15, -0.1) is 11.3 Å². The van der Waals surface area contributed by atoms with Gasteiger partial charge in [0.25, 0.3) is 5.56 Å². The maximum Gasteiger partial charge on any atom is 0.259 e. The number of halogens is 1. The van der Waals surface area contributed by atoms with Crippen molar-refractivity contribution in [2.75, 3.05) is 11.4 Å². The lowest BCUT2D eigenvalue weighted by Gasteiger charge is -2.22. The molecule has 1 aromatic carbocycles. The van der Waals surface area contributed by atoms with Crippen molar-refractivity contribution in [3.63, 3.8) is 0 Å². The Balaban J connectivity index is 1.88. The number of aryl methyl sites for hydroxylation is 1. The summed E-state index contributed by atoms with van der Waals surface area (Å²) in [7, 11) is 0. The van der Waals surface area contributed by atoms with E-state index in [1.165, 1.54) is 12.1 Å². The highest BCUT2D eigenvalue weighted by Crippen LogP contribution is 2.26. The molecule has 4 nitrogen and oxygen atoms in total. The Kier molecular flexibility index (Phi) is 5.15. The maximum atomic E-state index is 13.1. The lowest BCUT2D eigenvalue weighted by atomic mass is 10.2. The van der Waals surface area contributed by atoms with Gasteiger partial charge in [-0.05, 0) is 43.3 Å². The van der Waals surface area contributed by atoms with Gasteiger partial charge in [-0.25, -0.2) is 4.39 Å². The highest BCUT2D eigenvalue weighted by molar-refractivity contribution is 7.19. The van der Waals surface area contributed by atoms with Gasteiger partial charge in [-0.3, -0.25) is 4.79 Å². The quantitative estimate of drug-likeness (QED) is 0.668. The Labute approximate surface area is 149 Å². The third-order valence-electron chi connectivity index (χ3n) is 4.09. The fourth-order valence-corrected chi connectivity index (χ4v) is 3.84. The summed E-state index contributed by atoms with van der Waals surface area (Å²) in [6.45, 7) is 3.91. The highest BCUT2D eigenvalue weighted by atomic mass is 32.1. The van der Waals surface area contributed by atoms with Crippen molar-refractivity contribution < 1.29 is 4.39 Å². The van der Waals surface area contributed by atoms with E-state index in [1.807, 2.05) is 19.1 Å². The molecule has 0 bridgehead atoms. The third kappa shape index (κ3) is 3.72. The standard InChI is InChI=1S/C19H18FN3OS/c1-2-22(15-6-4-14(20)5-7-15)13-16-12-17-18(25-16)8-11-23(19(17)24)10-3-9-21/h4-8,11-12H,2-3,10,13H2,1H3. The Bertz CT molecular complexity index is 969. The summed E-state index contributed by atoms with van der Waals surface area (Å²) in [5.41, 5.74) is 0.896. The minimum atomic E-state index is -0.250. The summed E-state index contributed by atoms with van der Waals surface area (Å²) in [6.07, 6.45) is 2.07. The average molecular weight is 355 g/mol. The van der Waals surface area contributed by atoms with Crippen LogP contribution in [0.4, 0.5) is 10.1 Å². The van der Waals surface area contributed by atoms with Crippen LogP contribution in [0.3, 0.4) is 0 Å². The third-order valence-corrected chi connectivity index (χ3v) is 5.18. The first-order valence-corrected chi connectivity index (χ1v) is 8.93. The number of thiophene rings is 1. The molecule has 2 heterocycles. The van der Waals surface area contributed by atoms with E-state index >= 15 is 0 Å². The molecule has 6 heteroatoms. The second-order valence-electron chi connectivity index (χ2n) is 5.70. The molecule has 0 unspecified atom stereocenters.